The molecule has 3 amide bonds. The van der Waals surface area contributed by atoms with Crippen LogP contribution in [0.25, 0.3) is 0 Å². The minimum absolute atomic E-state index is 0. The van der Waals surface area contributed by atoms with Gasteiger partial charge in [-0.25, -0.2) is 9.78 Å². The molecule has 0 unspecified atom stereocenters. The number of nitrogens with zero attached hydrogens (tertiary/aromatic N) is 21. The highest BCUT2D eigenvalue weighted by Gasteiger charge is 2.43. The molecule has 12 rings (SSSR count). The van der Waals surface area contributed by atoms with Crippen LogP contribution in [0.5, 0.6) is 0 Å². The molecule has 0 atom stereocenters. The van der Waals surface area contributed by atoms with Gasteiger partial charge in [-0.05, 0) is 103 Å². The molecule has 0 radical (unpaired) electrons. The molecule has 43 heteroatoms. The molecule has 21 N–H and O–H groups in total. The largest absolute Gasteiger partial charge is 0.471 e. The van der Waals surface area contributed by atoms with Crippen molar-refractivity contribution in [3.8, 4) is 0 Å². The van der Waals surface area contributed by atoms with Crippen molar-refractivity contribution in [2.24, 2.45) is 69.2 Å². The number of aliphatic hydroxyl groups is 1. The molecule has 0 spiro atoms. The number of anilines is 1. The van der Waals surface area contributed by atoms with Crippen LogP contribution in [0.3, 0.4) is 0 Å². The first kappa shape index (κ1) is 153. The Kier molecular flexibility index (Phi) is 100. The number of methoxy groups -OCH3 is 1. The lowest BCUT2D eigenvalue weighted by Crippen LogP contribution is -2.53. The fraction of sp³-hybridized carbons (Fsp3) is 0.923. The monoisotopic (exact) mass is 2130 g/mol. The third-order valence-electron chi connectivity index (χ3n) is 26.8. The summed E-state index contributed by atoms with van der Waals surface area (Å²) in [5.41, 5.74) is 54.7. The fourth-order valence-electron chi connectivity index (χ4n) is 18.4. The van der Waals surface area contributed by atoms with Crippen LogP contribution in [0, 0.1) is 11.8 Å². The van der Waals surface area contributed by atoms with Crippen LogP contribution in [-0.2, 0) is 19.1 Å². The maximum absolute atomic E-state index is 12.1. The Bertz CT molecular complexity index is 2910. The van der Waals surface area contributed by atoms with Gasteiger partial charge in [0.15, 0.2) is 0 Å². The van der Waals surface area contributed by atoms with Crippen molar-refractivity contribution in [2.45, 2.75) is 164 Å². The number of carbonyl (C=O) groups is 3. The number of ether oxygens (including phenoxy) is 2. The SMILES string of the molecule is C.C.C.C.C.C.C.C.CC(C)C(=O)N1CCN(CCN)CC1.CCCN1CCN(CCCN)CC1.CCCN1CCN(CCCN)CC1.CCOC(=O)N1CCN(CCN)CC1.COCCN1CCN(CCN)CC1.NCCN1CCN(C(=O)C(F)(F)F)CC1.NCCN1CCN(CC(F)(F)F)CC1.NCCN1CCN(CC2CCCCC2)CC1.NCCN1CCN(CCO)CC1.NCCN1CCN(c2ccccn2)CC1. The molecule has 1 aliphatic carbocycles. The summed E-state index contributed by atoms with van der Waals surface area (Å²) in [4.78, 5) is 82.3. The Balaban J connectivity index is -0.000000374. The van der Waals surface area contributed by atoms with Crippen molar-refractivity contribution in [3.63, 3.8) is 0 Å². The standard InChI is InChI=1S/C13H27N3.C11H18N4.C10H21N3O.2C10H23N3.C9H19N3O2.C9H21N3O.C8H14F3N3O.C8H16F3N3.C8H19N3O.8CH4/c14-6-7-15-8-10-16(11-9-15)12-13-4-2-1-3-5-13;12-4-6-14-7-9-15(10-8-14)11-3-1-2-5-13-11;1-9(2)10(14)13-7-5-12(4-3-11)6-8-13;2*1-2-5-12-7-9-13(10-8-12)6-3-4-11;1-2-14-9(13)12-7-5-11(4-3-10)6-8-12;1-13-9-8-12-6-4-11(3-2-10)5-7-12;9-8(10,11)7(15)14-5-3-13(2-1-12)4-6-14;9-8(10,11)7-14-5-3-13(2-1-12)4-6-14;9-1-2-10-3-5-11(6-4-10)7-8-12;;;;;;;;/h13H,1-12,14H2;1-3,5H,4,6-10,12H2;9H,3-8,11H2,1-2H3;2*2-11H2,1H3;2-8,10H2,1H3;2-10H2,1H3;1-6,12H2;1-7,12H2;12H,1-9H2;8*1H4. The van der Waals surface area contributed by atoms with E-state index in [2.05, 4.69) is 98.4 Å². The Morgan fingerprint density at radius 2 is 0.646 bits per heavy atom. The van der Waals surface area contributed by atoms with Gasteiger partial charge >= 0.3 is 24.4 Å². The van der Waals surface area contributed by atoms with E-state index in [9.17, 15) is 40.7 Å². The molecule has 147 heavy (non-hydrogen) atoms. The van der Waals surface area contributed by atoms with Gasteiger partial charge in [-0.1, -0.05) is 112 Å². The lowest BCUT2D eigenvalue weighted by atomic mass is 9.89. The van der Waals surface area contributed by atoms with E-state index in [0.29, 0.717) is 78.6 Å². The summed E-state index contributed by atoms with van der Waals surface area (Å²) in [5, 5.41) is 8.71. The average molecular weight is 2130 g/mol. The number of alkyl halides is 6. The Morgan fingerprint density at radius 1 is 0.361 bits per heavy atom. The van der Waals surface area contributed by atoms with Gasteiger partial charge in [-0.15, -0.1) is 0 Å². The van der Waals surface area contributed by atoms with Crippen LogP contribution in [0.15, 0.2) is 24.4 Å². The van der Waals surface area contributed by atoms with E-state index in [-0.39, 0.29) is 97.0 Å². The first-order valence-electron chi connectivity index (χ1n) is 53.1. The van der Waals surface area contributed by atoms with E-state index < -0.39 is 24.8 Å². The number of rotatable bonds is 37. The zero-order valence-electron chi connectivity index (χ0n) is 87.5. The van der Waals surface area contributed by atoms with E-state index >= 15 is 0 Å². The van der Waals surface area contributed by atoms with Crippen LogP contribution >= 0.6 is 0 Å². The summed E-state index contributed by atoms with van der Waals surface area (Å²) in [6.07, 6.45) is 5.04. The number of aromatic nitrogens is 1. The highest BCUT2D eigenvalue weighted by Crippen LogP contribution is 2.26. The smallest absolute Gasteiger partial charge is 0.450 e. The van der Waals surface area contributed by atoms with Gasteiger partial charge in [-0.3, -0.25) is 63.5 Å². The Morgan fingerprint density at radius 3 is 0.925 bits per heavy atom. The predicted octanol–water partition coefficient (Wildman–Crippen LogP) is 4.12. The van der Waals surface area contributed by atoms with Crippen molar-refractivity contribution in [3.05, 3.63) is 24.4 Å². The highest BCUT2D eigenvalue weighted by molar-refractivity contribution is 5.82. The third kappa shape index (κ3) is 72.9. The second kappa shape index (κ2) is 96.2. The summed E-state index contributed by atoms with van der Waals surface area (Å²) < 4.78 is 82.2. The van der Waals surface area contributed by atoms with E-state index in [1.54, 1.807) is 12.0 Å². The molecule has 1 aromatic heterocycles. The molecule has 11 fully saturated rings. The molecule has 10 saturated heterocycles. The van der Waals surface area contributed by atoms with E-state index in [1.165, 1.54) is 161 Å². The number of carbonyl (C=O) groups excluding carboxylic acids is 3. The van der Waals surface area contributed by atoms with Crippen LogP contribution in [-0.4, -0.2) is 592 Å². The second-order valence-electron chi connectivity index (χ2n) is 37.9. The number of pyridine rings is 1. The van der Waals surface area contributed by atoms with Gasteiger partial charge in [0.25, 0.3) is 0 Å². The number of hydrogen-bond donors (Lipinski definition) is 11. The summed E-state index contributed by atoms with van der Waals surface area (Å²) in [6, 6.07) is 6.06. The minimum Gasteiger partial charge on any atom is -0.450 e. The zero-order chi connectivity index (χ0) is 102. The van der Waals surface area contributed by atoms with Crippen molar-refractivity contribution in [1.82, 2.24) is 98.1 Å². The topological polar surface area (TPSA) is 428 Å². The Labute approximate surface area is 894 Å². The van der Waals surface area contributed by atoms with Gasteiger partial charge < -0.3 is 116 Å². The van der Waals surface area contributed by atoms with E-state index in [0.717, 1.165) is 265 Å². The molecule has 10 aliphatic heterocycles. The minimum atomic E-state index is -4.75. The molecular formula is C104H233F6N31O6. The number of halogens is 6. The van der Waals surface area contributed by atoms with Gasteiger partial charge in [-0.2, -0.15) is 26.3 Å². The number of hydrogen-bond acceptors (Lipinski definition) is 34. The molecule has 11 aliphatic rings. The normalized spacial score (nSPS) is 19.5. The third-order valence-corrected chi connectivity index (χ3v) is 26.8. The number of nitrogens with two attached hydrogens (primary N) is 10. The molecule has 1 aromatic rings. The van der Waals surface area contributed by atoms with Gasteiger partial charge in [0.1, 0.15) is 5.82 Å². The lowest BCUT2D eigenvalue weighted by molar-refractivity contribution is -0.187. The summed E-state index contributed by atoms with van der Waals surface area (Å²) >= 11 is 0. The zero-order valence-corrected chi connectivity index (χ0v) is 87.5. The summed E-state index contributed by atoms with van der Waals surface area (Å²) in [6.45, 7) is 72.4. The van der Waals surface area contributed by atoms with Crippen LogP contribution in [0.4, 0.5) is 37.0 Å². The van der Waals surface area contributed by atoms with E-state index in [4.69, 9.17) is 71.9 Å². The number of piperazine rings is 10. The van der Waals surface area contributed by atoms with Gasteiger partial charge in [0.05, 0.1) is 26.4 Å². The molecule has 11 heterocycles. The molecule has 0 aromatic carbocycles. The second-order valence-corrected chi connectivity index (χ2v) is 37.9. The maximum Gasteiger partial charge on any atom is 0.471 e. The Hall–Kier alpha value is -4.38. The van der Waals surface area contributed by atoms with Crippen molar-refractivity contribution < 1.29 is 55.3 Å². The van der Waals surface area contributed by atoms with Gasteiger partial charge in [0, 0.05) is 405 Å². The number of β-amino-alcohol motifs (C(OH)–C–C–N with tert-alkyl or cyclic N) is 1. The first-order chi connectivity index (χ1) is 67.1. The number of aliphatic hydroxyl groups excluding tert-OH is 1. The molecule has 0 bridgehead atoms. The summed E-state index contributed by atoms with van der Waals surface area (Å²) in [7, 11) is 1.75. The lowest BCUT2D eigenvalue weighted by Gasteiger charge is -2.37. The van der Waals surface area contributed by atoms with E-state index in [1.807, 2.05) is 48.9 Å². The predicted molar refractivity (Wildman–Crippen MR) is 608 cm³/mol. The summed E-state index contributed by atoms with van der Waals surface area (Å²) in [5.74, 6) is 0.739. The van der Waals surface area contributed by atoms with Crippen LogP contribution in [0.1, 0.15) is 152 Å². The van der Waals surface area contributed by atoms with Crippen molar-refractivity contribution in [1.29, 1.82) is 0 Å². The molecular weight excluding hydrogens is 1890 g/mol. The average Bonchev–Trinajstić information content (AvgIpc) is 0.846. The van der Waals surface area contributed by atoms with Crippen LogP contribution in [0.2, 0.25) is 0 Å². The highest BCUT2D eigenvalue weighted by atomic mass is 19.4. The molecule has 882 valence electrons. The first-order valence-corrected chi connectivity index (χ1v) is 53.1. The fourth-order valence-corrected chi connectivity index (χ4v) is 18.4. The van der Waals surface area contributed by atoms with Crippen LogP contribution < -0.4 is 62.2 Å². The van der Waals surface area contributed by atoms with Crippen molar-refractivity contribution in [2.75, 3.05) is 464 Å². The maximum atomic E-state index is 12.1. The quantitative estimate of drug-likeness (QED) is 0.0417. The van der Waals surface area contributed by atoms with Gasteiger partial charge in [0.2, 0.25) is 5.91 Å². The number of amides is 3. The molecule has 1 saturated carbocycles. The van der Waals surface area contributed by atoms with Crippen molar-refractivity contribution >= 4 is 23.7 Å². The molecule has 37 nitrogen and oxygen atoms in total.